The summed E-state index contributed by atoms with van der Waals surface area (Å²) < 4.78 is 7.67. The summed E-state index contributed by atoms with van der Waals surface area (Å²) in [5.74, 6) is 1.67. The maximum atomic E-state index is 12.7. The normalized spacial score (nSPS) is 17.3. The van der Waals surface area contributed by atoms with Crippen LogP contribution in [0.4, 0.5) is 5.69 Å². The summed E-state index contributed by atoms with van der Waals surface area (Å²) in [5, 5.41) is 0. The number of nitrogens with zero attached hydrogens (tertiary/aromatic N) is 3. The molecule has 3 rings (SSSR count). The van der Waals surface area contributed by atoms with Crippen LogP contribution >= 0.6 is 0 Å². The van der Waals surface area contributed by atoms with Gasteiger partial charge in [-0.15, -0.1) is 0 Å². The summed E-state index contributed by atoms with van der Waals surface area (Å²) in [6.07, 6.45) is 3.53. The van der Waals surface area contributed by atoms with Crippen molar-refractivity contribution in [1.29, 1.82) is 0 Å². The molecule has 0 fully saturated rings. The van der Waals surface area contributed by atoms with Crippen LogP contribution in [0.25, 0.3) is 0 Å². The Labute approximate surface area is 124 Å². The Morgan fingerprint density at radius 2 is 2.24 bits per heavy atom. The SMILES string of the molecule is Cc1ccc2c(c1)N(C(=O)Cn1ccnc1C)CC(C)O2. The molecule has 1 aromatic heterocycles. The third-order valence-corrected chi connectivity index (χ3v) is 3.70. The smallest absolute Gasteiger partial charge is 0.247 e. The van der Waals surface area contributed by atoms with Crippen LogP contribution in [0, 0.1) is 13.8 Å². The molecule has 0 spiro atoms. The number of benzene rings is 1. The lowest BCUT2D eigenvalue weighted by Crippen LogP contribution is -2.43. The minimum atomic E-state index is -0.00644. The van der Waals surface area contributed by atoms with Crippen LogP contribution in [-0.2, 0) is 11.3 Å². The van der Waals surface area contributed by atoms with Crippen LogP contribution in [0.5, 0.6) is 5.75 Å². The molecule has 0 bridgehead atoms. The van der Waals surface area contributed by atoms with Crippen molar-refractivity contribution in [3.05, 3.63) is 42.0 Å². The molecule has 2 heterocycles. The molecular formula is C16H19N3O2. The van der Waals surface area contributed by atoms with Crippen LogP contribution in [0.1, 0.15) is 18.3 Å². The summed E-state index contributed by atoms with van der Waals surface area (Å²) in [5.41, 5.74) is 1.97. The van der Waals surface area contributed by atoms with Gasteiger partial charge in [-0.05, 0) is 38.5 Å². The van der Waals surface area contributed by atoms with E-state index in [9.17, 15) is 4.79 Å². The molecule has 0 saturated carbocycles. The number of hydrogen-bond acceptors (Lipinski definition) is 3. The van der Waals surface area contributed by atoms with Crippen LogP contribution in [0.2, 0.25) is 0 Å². The third kappa shape index (κ3) is 2.63. The number of ether oxygens (including phenoxy) is 1. The van der Waals surface area contributed by atoms with Crippen molar-refractivity contribution in [2.24, 2.45) is 0 Å². The van der Waals surface area contributed by atoms with E-state index in [4.69, 9.17) is 4.74 Å². The second-order valence-corrected chi connectivity index (χ2v) is 5.51. The third-order valence-electron chi connectivity index (χ3n) is 3.70. The number of fused-ring (bicyclic) bond motifs is 1. The van der Waals surface area contributed by atoms with E-state index in [1.165, 1.54) is 0 Å². The van der Waals surface area contributed by atoms with Crippen LogP contribution in [-0.4, -0.2) is 28.1 Å². The van der Waals surface area contributed by atoms with E-state index in [-0.39, 0.29) is 12.0 Å². The van der Waals surface area contributed by atoms with Gasteiger partial charge in [0.15, 0.2) is 0 Å². The first kappa shape index (κ1) is 13.7. The maximum absolute atomic E-state index is 12.7. The second kappa shape index (κ2) is 5.24. The highest BCUT2D eigenvalue weighted by Crippen LogP contribution is 2.34. The van der Waals surface area contributed by atoms with Gasteiger partial charge < -0.3 is 14.2 Å². The van der Waals surface area contributed by atoms with Gasteiger partial charge in [-0.2, -0.15) is 0 Å². The molecular weight excluding hydrogens is 266 g/mol. The average molecular weight is 285 g/mol. The number of amides is 1. The van der Waals surface area contributed by atoms with Crippen molar-refractivity contribution in [2.45, 2.75) is 33.4 Å². The van der Waals surface area contributed by atoms with Crippen LogP contribution in [0.3, 0.4) is 0 Å². The Morgan fingerprint density at radius 3 is 2.95 bits per heavy atom. The van der Waals surface area contributed by atoms with Gasteiger partial charge in [0, 0.05) is 12.4 Å². The van der Waals surface area contributed by atoms with Crippen molar-refractivity contribution < 1.29 is 9.53 Å². The molecule has 1 unspecified atom stereocenters. The molecule has 0 aliphatic carbocycles. The van der Waals surface area contributed by atoms with Gasteiger partial charge in [0.2, 0.25) is 5.91 Å². The fraction of sp³-hybridized carbons (Fsp3) is 0.375. The van der Waals surface area contributed by atoms with Crippen molar-refractivity contribution in [2.75, 3.05) is 11.4 Å². The number of rotatable bonds is 2. The minimum Gasteiger partial charge on any atom is -0.487 e. The Hall–Kier alpha value is -2.30. The molecule has 5 nitrogen and oxygen atoms in total. The number of anilines is 1. The van der Waals surface area contributed by atoms with Crippen molar-refractivity contribution in [3.8, 4) is 5.75 Å². The summed E-state index contributed by atoms with van der Waals surface area (Å²) in [4.78, 5) is 18.6. The van der Waals surface area contributed by atoms with Crippen molar-refractivity contribution in [3.63, 3.8) is 0 Å². The molecule has 1 aliphatic rings. The van der Waals surface area contributed by atoms with Gasteiger partial charge in [-0.1, -0.05) is 6.07 Å². The van der Waals surface area contributed by atoms with Gasteiger partial charge in [-0.3, -0.25) is 4.79 Å². The van der Waals surface area contributed by atoms with E-state index < -0.39 is 0 Å². The van der Waals surface area contributed by atoms with Crippen LogP contribution < -0.4 is 9.64 Å². The van der Waals surface area contributed by atoms with Crippen LogP contribution in [0.15, 0.2) is 30.6 Å². The summed E-state index contributed by atoms with van der Waals surface area (Å²) in [6.45, 7) is 6.76. The summed E-state index contributed by atoms with van der Waals surface area (Å²) in [7, 11) is 0. The molecule has 1 atom stereocenters. The van der Waals surface area contributed by atoms with E-state index in [0.717, 1.165) is 22.8 Å². The zero-order valence-corrected chi connectivity index (χ0v) is 12.5. The topological polar surface area (TPSA) is 47.4 Å². The summed E-state index contributed by atoms with van der Waals surface area (Å²) in [6, 6.07) is 5.93. The number of imidazole rings is 1. The summed E-state index contributed by atoms with van der Waals surface area (Å²) >= 11 is 0. The molecule has 110 valence electrons. The van der Waals surface area contributed by atoms with E-state index in [1.54, 1.807) is 6.20 Å². The highest BCUT2D eigenvalue weighted by atomic mass is 16.5. The molecule has 1 amide bonds. The molecule has 0 N–H and O–H groups in total. The zero-order valence-electron chi connectivity index (χ0n) is 12.5. The highest BCUT2D eigenvalue weighted by molar-refractivity contribution is 5.95. The first-order chi connectivity index (χ1) is 10.0. The largest absolute Gasteiger partial charge is 0.487 e. The number of carbonyl (C=O) groups is 1. The number of hydrogen-bond donors (Lipinski definition) is 0. The van der Waals surface area contributed by atoms with Crippen molar-refractivity contribution >= 4 is 11.6 Å². The average Bonchev–Trinajstić information content (AvgIpc) is 2.84. The molecule has 21 heavy (non-hydrogen) atoms. The first-order valence-electron chi connectivity index (χ1n) is 7.10. The first-order valence-corrected chi connectivity index (χ1v) is 7.10. The van der Waals surface area contributed by atoms with E-state index in [0.29, 0.717) is 13.1 Å². The minimum absolute atomic E-state index is 0.00644. The Morgan fingerprint density at radius 1 is 1.43 bits per heavy atom. The maximum Gasteiger partial charge on any atom is 0.247 e. The van der Waals surface area contributed by atoms with Gasteiger partial charge in [0.05, 0.1) is 12.2 Å². The molecule has 1 aliphatic heterocycles. The van der Waals surface area contributed by atoms with E-state index in [1.807, 2.05) is 54.6 Å². The Kier molecular flexibility index (Phi) is 3.41. The predicted octanol–water partition coefficient (Wildman–Crippen LogP) is 2.31. The predicted molar refractivity (Wildman–Crippen MR) is 80.6 cm³/mol. The van der Waals surface area contributed by atoms with Gasteiger partial charge in [0.1, 0.15) is 24.2 Å². The fourth-order valence-corrected chi connectivity index (χ4v) is 2.59. The number of carbonyl (C=O) groups excluding carboxylic acids is 1. The lowest BCUT2D eigenvalue weighted by molar-refractivity contribution is -0.119. The molecule has 1 aromatic carbocycles. The van der Waals surface area contributed by atoms with Crippen molar-refractivity contribution in [1.82, 2.24) is 9.55 Å². The quantitative estimate of drug-likeness (QED) is 0.850. The molecule has 0 radical (unpaired) electrons. The highest BCUT2D eigenvalue weighted by Gasteiger charge is 2.27. The Bertz CT molecular complexity index is 678. The molecule has 5 heteroatoms. The lowest BCUT2D eigenvalue weighted by atomic mass is 10.1. The standard InChI is InChI=1S/C16H19N3O2/c1-11-4-5-15-14(8-11)19(9-12(2)21-15)16(20)10-18-7-6-17-13(18)3/h4-8,12H,9-10H2,1-3H3. The Balaban J connectivity index is 1.90. The lowest BCUT2D eigenvalue weighted by Gasteiger charge is -2.33. The molecule has 2 aromatic rings. The monoisotopic (exact) mass is 285 g/mol. The fourth-order valence-electron chi connectivity index (χ4n) is 2.59. The van der Waals surface area contributed by atoms with E-state index >= 15 is 0 Å². The van der Waals surface area contributed by atoms with Gasteiger partial charge in [0.25, 0.3) is 0 Å². The van der Waals surface area contributed by atoms with E-state index in [2.05, 4.69) is 4.98 Å². The molecule has 0 saturated heterocycles. The number of aromatic nitrogens is 2. The zero-order chi connectivity index (χ0) is 15.0. The van der Waals surface area contributed by atoms with Gasteiger partial charge in [-0.25, -0.2) is 4.98 Å². The number of aryl methyl sites for hydroxylation is 2. The van der Waals surface area contributed by atoms with Gasteiger partial charge >= 0.3 is 0 Å². The second-order valence-electron chi connectivity index (χ2n) is 5.51.